The van der Waals surface area contributed by atoms with E-state index in [4.69, 9.17) is 23.2 Å². The highest BCUT2D eigenvalue weighted by molar-refractivity contribution is 6.32. The van der Waals surface area contributed by atoms with Crippen LogP contribution in [0.2, 0.25) is 10.2 Å². The minimum atomic E-state index is -0.660. The van der Waals surface area contributed by atoms with Gasteiger partial charge in [0.2, 0.25) is 11.8 Å². The molecule has 4 N–H and O–H groups in total. The maximum atomic E-state index is 13.1. The molecule has 4 aromatic rings. The van der Waals surface area contributed by atoms with Crippen LogP contribution in [0, 0.1) is 0 Å². The Labute approximate surface area is 254 Å². The fourth-order valence-corrected chi connectivity index (χ4v) is 4.64. The van der Waals surface area contributed by atoms with Crippen LogP contribution >= 0.6 is 23.2 Å². The van der Waals surface area contributed by atoms with Crippen molar-refractivity contribution in [2.45, 2.75) is 25.3 Å². The lowest BCUT2D eigenvalue weighted by Gasteiger charge is -2.14. The molecule has 16 heteroatoms. The van der Waals surface area contributed by atoms with E-state index in [9.17, 15) is 14.4 Å². The number of ether oxygens (including phenoxy) is 1. The van der Waals surface area contributed by atoms with Gasteiger partial charge in [-0.1, -0.05) is 35.4 Å². The number of aromatic amines is 1. The minimum Gasteiger partial charge on any atom is -0.453 e. The van der Waals surface area contributed by atoms with Gasteiger partial charge in [0.05, 0.1) is 23.9 Å². The average Bonchev–Trinajstić information content (AvgIpc) is 3.65. The van der Waals surface area contributed by atoms with Crippen LogP contribution in [0.4, 0.5) is 16.2 Å². The molecule has 220 valence electrons. The first-order chi connectivity index (χ1) is 20.8. The van der Waals surface area contributed by atoms with E-state index in [1.807, 2.05) is 12.2 Å². The molecule has 1 atom stereocenters. The maximum absolute atomic E-state index is 13.1. The summed E-state index contributed by atoms with van der Waals surface area (Å²) in [6.07, 6.45) is 9.81. The summed E-state index contributed by atoms with van der Waals surface area (Å²) in [5.41, 5.74) is 2.17. The van der Waals surface area contributed by atoms with Crippen molar-refractivity contribution < 1.29 is 19.1 Å². The number of carbonyl (C=O) groups is 3. The molecule has 4 heterocycles. The molecule has 0 fully saturated rings. The fraction of sp³-hybridized carbons (Fsp3) is 0.185. The van der Waals surface area contributed by atoms with Crippen molar-refractivity contribution >= 4 is 58.6 Å². The number of nitrogens with one attached hydrogen (secondary N) is 4. The number of imidazole rings is 1. The third-order valence-electron chi connectivity index (χ3n) is 6.22. The molecule has 1 aliphatic heterocycles. The molecule has 14 nitrogen and oxygen atoms in total. The normalized spacial score (nSPS) is 15.8. The Morgan fingerprint density at radius 1 is 1.21 bits per heavy atom. The standard InChI is InChI=1S/C27H24Cl2N10O4/c1-43-27(42)32-17-8-9-18-20(12-17)34-21(40)6-4-2-3-5-19(25-35-23(18)24(29)36-25)33-22(41)10-7-15-11-16(28)13-30-26(15)39-14-31-37-38-39/h2-3,7-14,19H,4-6H2,1H3,(H,32,42)(H,33,41)(H,34,40)(H,35,36)/b3-2+,10-7+/t19-/m0/s1. The Kier molecular flexibility index (Phi) is 9.08. The van der Waals surface area contributed by atoms with Gasteiger partial charge in [-0.2, -0.15) is 4.68 Å². The number of rotatable bonds is 5. The number of fused-ring (bicyclic) bond motifs is 4. The first-order valence-corrected chi connectivity index (χ1v) is 13.6. The monoisotopic (exact) mass is 622 g/mol. The van der Waals surface area contributed by atoms with Gasteiger partial charge >= 0.3 is 6.09 Å². The van der Waals surface area contributed by atoms with E-state index in [2.05, 4.69) is 51.2 Å². The average molecular weight is 623 g/mol. The maximum Gasteiger partial charge on any atom is 0.411 e. The Hall–Kier alpha value is -5.08. The molecule has 0 radical (unpaired) electrons. The molecule has 0 saturated heterocycles. The molecule has 5 rings (SSSR count). The van der Waals surface area contributed by atoms with Crippen molar-refractivity contribution in [3.8, 4) is 17.1 Å². The number of nitrogens with zero attached hydrogens (tertiary/aromatic N) is 6. The highest BCUT2D eigenvalue weighted by atomic mass is 35.5. The molecule has 1 aromatic carbocycles. The lowest BCUT2D eigenvalue weighted by Crippen LogP contribution is -2.27. The van der Waals surface area contributed by atoms with Crippen molar-refractivity contribution in [1.29, 1.82) is 0 Å². The predicted octanol–water partition coefficient (Wildman–Crippen LogP) is 4.48. The quantitative estimate of drug-likeness (QED) is 0.184. The second kappa shape index (κ2) is 13.3. The SMILES string of the molecule is COC(=O)Nc1ccc2c(c1)NC(=O)CC/C=C/C[C@H](NC(=O)/C=C/c1cc(Cl)cnc1-n1cnnn1)c1nc-2c(Cl)[nH]1. The summed E-state index contributed by atoms with van der Waals surface area (Å²) in [6.45, 7) is 0. The van der Waals surface area contributed by atoms with E-state index in [1.165, 1.54) is 30.4 Å². The zero-order valence-electron chi connectivity index (χ0n) is 22.5. The number of carbonyl (C=O) groups excluding carboxylic acids is 3. The van der Waals surface area contributed by atoms with Gasteiger partial charge < -0.3 is 20.4 Å². The van der Waals surface area contributed by atoms with Crippen LogP contribution in [0.15, 0.2) is 55.0 Å². The zero-order chi connectivity index (χ0) is 30.3. The number of anilines is 2. The summed E-state index contributed by atoms with van der Waals surface area (Å²) in [6, 6.07) is 5.92. The van der Waals surface area contributed by atoms with Crippen LogP contribution in [-0.4, -0.2) is 60.2 Å². The van der Waals surface area contributed by atoms with Crippen LogP contribution < -0.4 is 16.0 Å². The third-order valence-corrected chi connectivity index (χ3v) is 6.70. The van der Waals surface area contributed by atoms with Gasteiger partial charge in [-0.15, -0.1) is 5.10 Å². The van der Waals surface area contributed by atoms with Crippen LogP contribution in [0.25, 0.3) is 23.2 Å². The first kappa shape index (κ1) is 29.4. The molecule has 43 heavy (non-hydrogen) atoms. The lowest BCUT2D eigenvalue weighted by molar-refractivity contribution is -0.117. The lowest BCUT2D eigenvalue weighted by atomic mass is 10.1. The summed E-state index contributed by atoms with van der Waals surface area (Å²) in [5, 5.41) is 20.0. The van der Waals surface area contributed by atoms with E-state index >= 15 is 0 Å². The Balaban J connectivity index is 1.44. The Morgan fingerprint density at radius 3 is 2.86 bits per heavy atom. The number of aromatic nitrogens is 7. The Bertz CT molecular complexity index is 1720. The third kappa shape index (κ3) is 7.23. The zero-order valence-corrected chi connectivity index (χ0v) is 24.1. The number of halogens is 2. The van der Waals surface area contributed by atoms with Crippen LogP contribution in [0.5, 0.6) is 0 Å². The van der Waals surface area contributed by atoms with Gasteiger partial charge in [0, 0.05) is 35.5 Å². The molecule has 0 spiro atoms. The van der Waals surface area contributed by atoms with Gasteiger partial charge in [-0.05, 0) is 53.6 Å². The first-order valence-electron chi connectivity index (χ1n) is 12.9. The number of methoxy groups -OCH3 is 1. The summed E-state index contributed by atoms with van der Waals surface area (Å²) in [4.78, 5) is 49.5. The van der Waals surface area contributed by atoms with Crippen molar-refractivity contribution in [3.63, 3.8) is 0 Å². The molecule has 3 aromatic heterocycles. The summed E-state index contributed by atoms with van der Waals surface area (Å²) in [7, 11) is 1.25. The predicted molar refractivity (Wildman–Crippen MR) is 159 cm³/mol. The van der Waals surface area contributed by atoms with E-state index in [0.717, 1.165) is 0 Å². The van der Waals surface area contributed by atoms with Crippen molar-refractivity contribution in [2.24, 2.45) is 0 Å². The number of hydrogen-bond acceptors (Lipinski definition) is 9. The van der Waals surface area contributed by atoms with Gasteiger partial charge in [0.1, 0.15) is 23.0 Å². The summed E-state index contributed by atoms with van der Waals surface area (Å²) in [5.74, 6) is 0.130. The number of benzene rings is 1. The van der Waals surface area contributed by atoms with E-state index in [0.29, 0.717) is 57.7 Å². The second-order valence-electron chi connectivity index (χ2n) is 9.17. The topological polar surface area (TPSA) is 182 Å². The van der Waals surface area contributed by atoms with Crippen molar-refractivity contribution in [2.75, 3.05) is 17.7 Å². The highest BCUT2D eigenvalue weighted by Gasteiger charge is 2.22. The van der Waals surface area contributed by atoms with Gasteiger partial charge in [-0.25, -0.2) is 14.8 Å². The smallest absolute Gasteiger partial charge is 0.411 e. The number of H-pyrrole nitrogens is 1. The fourth-order valence-electron chi connectivity index (χ4n) is 4.24. The number of tetrazole rings is 1. The number of amides is 3. The van der Waals surface area contributed by atoms with Gasteiger partial charge in [0.15, 0.2) is 5.82 Å². The number of hydrogen-bond donors (Lipinski definition) is 4. The molecule has 0 saturated carbocycles. The largest absolute Gasteiger partial charge is 0.453 e. The molecule has 2 bridgehead atoms. The molecule has 0 unspecified atom stereocenters. The van der Waals surface area contributed by atoms with Gasteiger partial charge in [-0.3, -0.25) is 14.9 Å². The number of pyridine rings is 1. The van der Waals surface area contributed by atoms with Gasteiger partial charge in [0.25, 0.3) is 0 Å². The van der Waals surface area contributed by atoms with E-state index in [-0.39, 0.29) is 17.5 Å². The summed E-state index contributed by atoms with van der Waals surface area (Å²) >= 11 is 12.7. The van der Waals surface area contributed by atoms with E-state index in [1.54, 1.807) is 30.3 Å². The minimum absolute atomic E-state index is 0.200. The molecular weight excluding hydrogens is 599 g/mol. The molecular formula is C27H24Cl2N10O4. The summed E-state index contributed by atoms with van der Waals surface area (Å²) < 4.78 is 6.01. The van der Waals surface area contributed by atoms with Crippen LogP contribution in [0.3, 0.4) is 0 Å². The molecule has 3 amide bonds. The second-order valence-corrected chi connectivity index (χ2v) is 9.99. The van der Waals surface area contributed by atoms with Crippen LogP contribution in [-0.2, 0) is 14.3 Å². The Morgan fingerprint density at radius 2 is 2.07 bits per heavy atom. The van der Waals surface area contributed by atoms with Crippen LogP contribution in [0.1, 0.15) is 36.7 Å². The highest BCUT2D eigenvalue weighted by Crippen LogP contribution is 2.35. The van der Waals surface area contributed by atoms with Crippen molar-refractivity contribution in [3.05, 3.63) is 76.6 Å². The number of allylic oxidation sites excluding steroid dienone is 1. The van der Waals surface area contributed by atoms with Crippen molar-refractivity contribution in [1.82, 2.24) is 40.5 Å². The molecule has 1 aliphatic rings. The molecule has 0 aliphatic carbocycles. The van der Waals surface area contributed by atoms with E-state index < -0.39 is 18.0 Å².